The van der Waals surface area contributed by atoms with Crippen molar-refractivity contribution in [3.63, 3.8) is 0 Å². The lowest BCUT2D eigenvalue weighted by atomic mass is 9.97. The maximum Gasteiger partial charge on any atom is 0.338 e. The second-order valence-electron chi connectivity index (χ2n) is 5.47. The van der Waals surface area contributed by atoms with Crippen LogP contribution in [0, 0.1) is 5.82 Å². The molecule has 25 heavy (non-hydrogen) atoms. The van der Waals surface area contributed by atoms with E-state index in [2.05, 4.69) is 4.98 Å². The maximum absolute atomic E-state index is 13.2. The summed E-state index contributed by atoms with van der Waals surface area (Å²) in [5.74, 6) is -0.743. The van der Waals surface area contributed by atoms with E-state index in [-0.39, 0.29) is 5.82 Å². The van der Waals surface area contributed by atoms with Crippen LogP contribution >= 0.6 is 0 Å². The molecule has 0 radical (unpaired) electrons. The van der Waals surface area contributed by atoms with Crippen LogP contribution in [0.4, 0.5) is 4.39 Å². The molecule has 0 aliphatic heterocycles. The first-order chi connectivity index (χ1) is 12.2. The van der Waals surface area contributed by atoms with Gasteiger partial charge in [0.05, 0.1) is 19.0 Å². The molecule has 0 spiro atoms. The van der Waals surface area contributed by atoms with E-state index in [1.165, 1.54) is 19.2 Å². The van der Waals surface area contributed by atoms with Gasteiger partial charge < -0.3 is 9.30 Å². The number of ether oxygens (including phenoxy) is 1. The van der Waals surface area contributed by atoms with Crippen molar-refractivity contribution < 1.29 is 13.9 Å². The van der Waals surface area contributed by atoms with Gasteiger partial charge in [0.15, 0.2) is 0 Å². The Morgan fingerprint density at radius 3 is 2.72 bits per heavy atom. The largest absolute Gasteiger partial charge is 0.465 e. The minimum Gasteiger partial charge on any atom is -0.465 e. The van der Waals surface area contributed by atoms with Gasteiger partial charge in [-0.15, -0.1) is 0 Å². The first-order valence-corrected chi connectivity index (χ1v) is 7.78. The molecule has 5 heteroatoms. The second kappa shape index (κ2) is 7.57. The van der Waals surface area contributed by atoms with Gasteiger partial charge in [-0.3, -0.25) is 0 Å². The summed E-state index contributed by atoms with van der Waals surface area (Å²) in [5, 5.41) is 0. The molecular formula is C20H17FN2O2. The molecule has 0 saturated carbocycles. The molecule has 2 aromatic carbocycles. The fourth-order valence-electron chi connectivity index (χ4n) is 2.53. The Labute approximate surface area is 145 Å². The molecule has 0 fully saturated rings. The molecule has 0 aliphatic carbocycles. The van der Waals surface area contributed by atoms with Crippen LogP contribution in [0.5, 0.6) is 0 Å². The van der Waals surface area contributed by atoms with E-state index in [0.717, 1.165) is 11.1 Å². The number of carbonyl (C=O) groups excluding carboxylic acids is 1. The lowest BCUT2D eigenvalue weighted by molar-refractivity contribution is 0.0601. The van der Waals surface area contributed by atoms with E-state index in [9.17, 15) is 9.18 Å². The van der Waals surface area contributed by atoms with Gasteiger partial charge in [-0.1, -0.05) is 30.4 Å². The Hall–Kier alpha value is -3.21. The highest BCUT2D eigenvalue weighted by Gasteiger charge is 2.13. The molecule has 0 bridgehead atoms. The zero-order valence-corrected chi connectivity index (χ0v) is 13.7. The van der Waals surface area contributed by atoms with Crippen LogP contribution in [0.15, 0.2) is 67.3 Å². The number of hydrogen-bond donors (Lipinski definition) is 0. The monoisotopic (exact) mass is 336 g/mol. The van der Waals surface area contributed by atoms with Gasteiger partial charge in [-0.25, -0.2) is 14.2 Å². The van der Waals surface area contributed by atoms with Crippen LogP contribution in [0.25, 0.3) is 17.2 Å². The Kier molecular flexibility index (Phi) is 5.04. The molecule has 0 aliphatic rings. The molecule has 3 aromatic rings. The molecular weight excluding hydrogens is 319 g/mol. The summed E-state index contributed by atoms with van der Waals surface area (Å²) in [4.78, 5) is 16.0. The number of esters is 1. The lowest BCUT2D eigenvalue weighted by Crippen LogP contribution is -2.03. The standard InChI is InChI=1S/C20H17FN2O2/c1-25-20(24)18-9-4-15(3-2-11-23-12-10-22-14-23)13-19(18)16-5-7-17(21)8-6-16/h2-10,12-14H,11H2,1H3/b3-2+. The van der Waals surface area contributed by atoms with Gasteiger partial charge in [0.2, 0.25) is 0 Å². The zero-order valence-electron chi connectivity index (χ0n) is 13.7. The maximum atomic E-state index is 13.2. The van der Waals surface area contributed by atoms with E-state index in [4.69, 9.17) is 4.74 Å². The van der Waals surface area contributed by atoms with Crippen molar-refractivity contribution in [2.24, 2.45) is 0 Å². The third kappa shape index (κ3) is 4.01. The van der Waals surface area contributed by atoms with Crippen molar-refractivity contribution in [2.75, 3.05) is 7.11 Å². The van der Waals surface area contributed by atoms with Gasteiger partial charge in [-0.05, 0) is 41.0 Å². The third-order valence-electron chi connectivity index (χ3n) is 3.79. The molecule has 0 unspecified atom stereocenters. The van der Waals surface area contributed by atoms with Crippen molar-refractivity contribution in [1.29, 1.82) is 0 Å². The minimum atomic E-state index is -0.423. The van der Waals surface area contributed by atoms with Gasteiger partial charge in [-0.2, -0.15) is 0 Å². The van der Waals surface area contributed by atoms with Crippen molar-refractivity contribution in [3.8, 4) is 11.1 Å². The SMILES string of the molecule is COC(=O)c1ccc(/C=C/Cn2ccnc2)cc1-c1ccc(F)cc1. The highest BCUT2D eigenvalue weighted by molar-refractivity contribution is 5.97. The molecule has 1 heterocycles. The van der Waals surface area contributed by atoms with Crippen LogP contribution in [0.2, 0.25) is 0 Å². The Morgan fingerprint density at radius 1 is 1.24 bits per heavy atom. The number of imidazole rings is 1. The van der Waals surface area contributed by atoms with Gasteiger partial charge in [0.25, 0.3) is 0 Å². The predicted molar refractivity (Wildman–Crippen MR) is 94.4 cm³/mol. The number of nitrogens with zero attached hydrogens (tertiary/aromatic N) is 2. The molecule has 3 rings (SSSR count). The summed E-state index contributed by atoms with van der Waals surface area (Å²) in [6, 6.07) is 11.5. The van der Waals surface area contributed by atoms with Crippen LogP contribution in [0.3, 0.4) is 0 Å². The van der Waals surface area contributed by atoms with Gasteiger partial charge >= 0.3 is 5.97 Å². The molecule has 0 saturated heterocycles. The number of aromatic nitrogens is 2. The summed E-state index contributed by atoms with van der Waals surface area (Å²) in [6.45, 7) is 0.699. The highest BCUT2D eigenvalue weighted by Crippen LogP contribution is 2.26. The van der Waals surface area contributed by atoms with Crippen molar-refractivity contribution in [3.05, 3.63) is 84.2 Å². The Bertz CT molecular complexity index is 885. The van der Waals surface area contributed by atoms with E-state index in [0.29, 0.717) is 17.7 Å². The number of allylic oxidation sites excluding steroid dienone is 1. The van der Waals surface area contributed by atoms with E-state index in [1.807, 2.05) is 35.0 Å². The second-order valence-corrected chi connectivity index (χ2v) is 5.47. The molecule has 0 atom stereocenters. The summed E-state index contributed by atoms with van der Waals surface area (Å²) in [7, 11) is 1.34. The van der Waals surface area contributed by atoms with E-state index < -0.39 is 5.97 Å². The van der Waals surface area contributed by atoms with Crippen LogP contribution in [-0.2, 0) is 11.3 Å². The zero-order chi connectivity index (χ0) is 17.6. The normalized spacial score (nSPS) is 11.0. The van der Waals surface area contributed by atoms with Gasteiger partial charge in [0, 0.05) is 18.9 Å². The number of halogens is 1. The molecule has 1 aromatic heterocycles. The van der Waals surface area contributed by atoms with Crippen molar-refractivity contribution >= 4 is 12.0 Å². The van der Waals surface area contributed by atoms with Crippen LogP contribution in [0.1, 0.15) is 15.9 Å². The molecule has 0 N–H and O–H groups in total. The number of hydrogen-bond acceptors (Lipinski definition) is 3. The fourth-order valence-corrected chi connectivity index (χ4v) is 2.53. The topological polar surface area (TPSA) is 44.1 Å². The number of benzene rings is 2. The Balaban J connectivity index is 1.93. The smallest absolute Gasteiger partial charge is 0.338 e. The van der Waals surface area contributed by atoms with Crippen molar-refractivity contribution in [2.45, 2.75) is 6.54 Å². The number of rotatable bonds is 5. The average molecular weight is 336 g/mol. The lowest BCUT2D eigenvalue weighted by Gasteiger charge is -2.10. The van der Waals surface area contributed by atoms with E-state index in [1.54, 1.807) is 30.7 Å². The third-order valence-corrected chi connectivity index (χ3v) is 3.79. The molecule has 126 valence electrons. The summed E-state index contributed by atoms with van der Waals surface area (Å²) < 4.78 is 20.0. The summed E-state index contributed by atoms with van der Waals surface area (Å²) in [6.07, 6.45) is 9.33. The quantitative estimate of drug-likeness (QED) is 0.656. The average Bonchev–Trinajstić information content (AvgIpc) is 3.15. The number of carbonyl (C=O) groups is 1. The Morgan fingerprint density at radius 2 is 2.04 bits per heavy atom. The van der Waals surface area contributed by atoms with Crippen LogP contribution < -0.4 is 0 Å². The first kappa shape index (κ1) is 16.6. The molecule has 4 nitrogen and oxygen atoms in total. The van der Waals surface area contributed by atoms with Crippen molar-refractivity contribution in [1.82, 2.24) is 9.55 Å². The fraction of sp³-hybridized carbons (Fsp3) is 0.100. The summed E-state index contributed by atoms with van der Waals surface area (Å²) in [5.41, 5.74) is 2.84. The first-order valence-electron chi connectivity index (χ1n) is 7.78. The predicted octanol–water partition coefficient (Wildman–Crippen LogP) is 4.19. The van der Waals surface area contributed by atoms with E-state index >= 15 is 0 Å². The summed E-state index contributed by atoms with van der Waals surface area (Å²) >= 11 is 0. The van der Waals surface area contributed by atoms with Gasteiger partial charge in [0.1, 0.15) is 5.82 Å². The highest BCUT2D eigenvalue weighted by atomic mass is 19.1. The van der Waals surface area contributed by atoms with Crippen LogP contribution in [-0.4, -0.2) is 22.6 Å². The number of methoxy groups -OCH3 is 1. The molecule has 0 amide bonds. The minimum absolute atomic E-state index is 0.320.